The fourth-order valence-electron chi connectivity index (χ4n) is 2.40. The molecule has 1 N–H and O–H groups in total. The van der Waals surface area contributed by atoms with Gasteiger partial charge in [0.1, 0.15) is 17.3 Å². The third-order valence-electron chi connectivity index (χ3n) is 3.72. The quantitative estimate of drug-likeness (QED) is 0.747. The van der Waals surface area contributed by atoms with Gasteiger partial charge in [-0.1, -0.05) is 17.3 Å². The Morgan fingerprint density at radius 2 is 1.88 bits per heavy atom. The minimum atomic E-state index is -0.339. The number of nitrogens with one attached hydrogen (secondary N) is 1. The first kappa shape index (κ1) is 16.7. The Balaban J connectivity index is 1.74. The first-order valence-corrected chi connectivity index (χ1v) is 7.77. The van der Waals surface area contributed by atoms with Crippen molar-refractivity contribution in [3.63, 3.8) is 0 Å². The van der Waals surface area contributed by atoms with E-state index in [-0.39, 0.29) is 18.1 Å². The highest BCUT2D eigenvalue weighted by Gasteiger charge is 2.15. The zero-order valence-corrected chi connectivity index (χ0v) is 13.9. The van der Waals surface area contributed by atoms with Gasteiger partial charge < -0.3 is 14.6 Å². The van der Waals surface area contributed by atoms with Crippen LogP contribution in [-0.4, -0.2) is 11.1 Å². The number of para-hydroxylation sites is 2. The van der Waals surface area contributed by atoms with Crippen LogP contribution in [0.4, 0.5) is 10.1 Å². The molecule has 6 heteroatoms. The Hall–Kier alpha value is -3.15. The molecular weight excluding hydrogens is 323 g/mol. The predicted molar refractivity (Wildman–Crippen MR) is 91.2 cm³/mol. The second kappa shape index (κ2) is 7.17. The minimum Gasteiger partial charge on any atom is -0.455 e. The maximum Gasteiger partial charge on any atom is 0.229 e. The van der Waals surface area contributed by atoms with Gasteiger partial charge in [0.2, 0.25) is 5.91 Å². The molecule has 0 aliphatic carbocycles. The molecule has 128 valence electrons. The molecule has 3 rings (SSSR count). The lowest BCUT2D eigenvalue weighted by atomic mass is 10.1. The normalized spacial score (nSPS) is 10.5. The third kappa shape index (κ3) is 4.03. The summed E-state index contributed by atoms with van der Waals surface area (Å²) in [5.74, 6) is 1.04. The summed E-state index contributed by atoms with van der Waals surface area (Å²) in [5, 5.41) is 6.67. The summed E-state index contributed by atoms with van der Waals surface area (Å²) in [7, 11) is 0. The Bertz CT molecular complexity index is 868. The minimum absolute atomic E-state index is 0.159. The lowest BCUT2D eigenvalue weighted by molar-refractivity contribution is -0.115. The van der Waals surface area contributed by atoms with Crippen molar-refractivity contribution in [1.29, 1.82) is 0 Å². The fourth-order valence-corrected chi connectivity index (χ4v) is 2.40. The molecule has 2 aromatic carbocycles. The van der Waals surface area contributed by atoms with Crippen molar-refractivity contribution in [2.45, 2.75) is 20.3 Å². The average molecular weight is 340 g/mol. The van der Waals surface area contributed by atoms with Gasteiger partial charge in [0, 0.05) is 5.56 Å². The molecule has 0 unspecified atom stereocenters. The highest BCUT2D eigenvalue weighted by Crippen LogP contribution is 2.29. The van der Waals surface area contributed by atoms with Crippen LogP contribution in [0.15, 0.2) is 53.1 Å². The molecule has 1 aromatic heterocycles. The van der Waals surface area contributed by atoms with E-state index in [4.69, 9.17) is 9.26 Å². The van der Waals surface area contributed by atoms with Crippen molar-refractivity contribution >= 4 is 11.6 Å². The molecule has 5 nitrogen and oxygen atoms in total. The number of hydrogen-bond acceptors (Lipinski definition) is 4. The van der Waals surface area contributed by atoms with Crippen molar-refractivity contribution in [3.05, 3.63) is 71.4 Å². The van der Waals surface area contributed by atoms with E-state index < -0.39 is 0 Å². The van der Waals surface area contributed by atoms with Crippen molar-refractivity contribution in [2.75, 3.05) is 5.32 Å². The molecule has 1 heterocycles. The van der Waals surface area contributed by atoms with Gasteiger partial charge in [0.15, 0.2) is 5.75 Å². The molecular formula is C19H17FN2O3. The van der Waals surface area contributed by atoms with E-state index in [2.05, 4.69) is 10.5 Å². The van der Waals surface area contributed by atoms with E-state index in [1.54, 1.807) is 38.1 Å². The Kier molecular flexibility index (Phi) is 4.79. The van der Waals surface area contributed by atoms with Gasteiger partial charge in [-0.15, -0.1) is 0 Å². The zero-order valence-electron chi connectivity index (χ0n) is 13.9. The molecule has 0 atom stereocenters. The summed E-state index contributed by atoms with van der Waals surface area (Å²) in [5.41, 5.74) is 2.00. The Labute approximate surface area is 144 Å². The molecule has 0 fully saturated rings. The first-order chi connectivity index (χ1) is 12.0. The number of carbonyl (C=O) groups is 1. The lowest BCUT2D eigenvalue weighted by Crippen LogP contribution is -2.15. The number of halogens is 1. The van der Waals surface area contributed by atoms with Crippen molar-refractivity contribution in [2.24, 2.45) is 0 Å². The number of benzene rings is 2. The second-order valence-electron chi connectivity index (χ2n) is 5.58. The summed E-state index contributed by atoms with van der Waals surface area (Å²) in [6.07, 6.45) is 0.159. The van der Waals surface area contributed by atoms with Gasteiger partial charge in [-0.25, -0.2) is 4.39 Å². The molecule has 25 heavy (non-hydrogen) atoms. The summed E-state index contributed by atoms with van der Waals surface area (Å²) >= 11 is 0. The Morgan fingerprint density at radius 3 is 2.56 bits per heavy atom. The van der Waals surface area contributed by atoms with E-state index in [9.17, 15) is 9.18 Å². The lowest BCUT2D eigenvalue weighted by Gasteiger charge is -2.12. The molecule has 0 aliphatic rings. The maximum atomic E-state index is 13.0. The predicted octanol–water partition coefficient (Wildman–Crippen LogP) is 4.40. The number of nitrogens with zero attached hydrogens (tertiary/aromatic N) is 1. The van der Waals surface area contributed by atoms with Crippen LogP contribution in [0, 0.1) is 19.7 Å². The van der Waals surface area contributed by atoms with Gasteiger partial charge in [-0.3, -0.25) is 4.79 Å². The molecule has 1 amide bonds. The standard InChI is InChI=1S/C19H17FN2O3/c1-12-16(13(2)25-22-12)11-19(23)21-17-5-3-4-6-18(17)24-15-9-7-14(20)8-10-15/h3-10H,11H2,1-2H3,(H,21,23). The topological polar surface area (TPSA) is 64.4 Å². The number of rotatable bonds is 5. The number of anilines is 1. The van der Waals surface area contributed by atoms with E-state index in [0.717, 1.165) is 5.56 Å². The number of hydrogen-bond donors (Lipinski definition) is 1. The van der Waals surface area contributed by atoms with Crippen LogP contribution in [0.3, 0.4) is 0 Å². The summed E-state index contributed by atoms with van der Waals surface area (Å²) in [6, 6.07) is 12.7. The van der Waals surface area contributed by atoms with Gasteiger partial charge in [-0.05, 0) is 50.2 Å². The van der Waals surface area contributed by atoms with Crippen LogP contribution in [-0.2, 0) is 11.2 Å². The highest BCUT2D eigenvalue weighted by atomic mass is 19.1. The van der Waals surface area contributed by atoms with Gasteiger partial charge in [0.25, 0.3) is 0 Å². The van der Waals surface area contributed by atoms with Crippen LogP contribution in [0.5, 0.6) is 11.5 Å². The molecule has 0 saturated heterocycles. The zero-order chi connectivity index (χ0) is 17.8. The van der Waals surface area contributed by atoms with Gasteiger partial charge >= 0.3 is 0 Å². The molecule has 0 radical (unpaired) electrons. The van der Waals surface area contributed by atoms with E-state index >= 15 is 0 Å². The number of aromatic nitrogens is 1. The maximum absolute atomic E-state index is 13.0. The molecule has 0 saturated carbocycles. The largest absolute Gasteiger partial charge is 0.455 e. The van der Waals surface area contributed by atoms with Crippen molar-refractivity contribution in [1.82, 2.24) is 5.16 Å². The molecule has 3 aromatic rings. The third-order valence-corrected chi connectivity index (χ3v) is 3.72. The first-order valence-electron chi connectivity index (χ1n) is 7.77. The monoisotopic (exact) mass is 340 g/mol. The fraction of sp³-hybridized carbons (Fsp3) is 0.158. The summed E-state index contributed by atoms with van der Waals surface area (Å²) in [4.78, 5) is 12.3. The average Bonchev–Trinajstić information content (AvgIpc) is 2.90. The number of ether oxygens (including phenoxy) is 1. The van der Waals surface area contributed by atoms with Crippen LogP contribution in [0.1, 0.15) is 17.0 Å². The molecule has 0 aliphatic heterocycles. The highest BCUT2D eigenvalue weighted by molar-refractivity contribution is 5.93. The van der Waals surface area contributed by atoms with E-state index in [1.807, 2.05) is 0 Å². The Morgan fingerprint density at radius 1 is 1.16 bits per heavy atom. The second-order valence-corrected chi connectivity index (χ2v) is 5.58. The van der Waals surface area contributed by atoms with Crippen LogP contribution in [0.25, 0.3) is 0 Å². The number of aryl methyl sites for hydroxylation is 2. The van der Waals surface area contributed by atoms with Crippen molar-refractivity contribution in [3.8, 4) is 11.5 Å². The van der Waals surface area contributed by atoms with Crippen LogP contribution < -0.4 is 10.1 Å². The van der Waals surface area contributed by atoms with Crippen LogP contribution >= 0.6 is 0 Å². The molecule has 0 bridgehead atoms. The summed E-state index contributed by atoms with van der Waals surface area (Å²) in [6.45, 7) is 3.57. The SMILES string of the molecule is Cc1noc(C)c1CC(=O)Nc1ccccc1Oc1ccc(F)cc1. The van der Waals surface area contributed by atoms with Gasteiger partial charge in [-0.2, -0.15) is 0 Å². The molecule has 0 spiro atoms. The smallest absolute Gasteiger partial charge is 0.229 e. The number of amides is 1. The number of carbonyl (C=O) groups excluding carboxylic acids is 1. The van der Waals surface area contributed by atoms with Gasteiger partial charge in [0.05, 0.1) is 17.8 Å². The van der Waals surface area contributed by atoms with E-state index in [1.165, 1.54) is 24.3 Å². The van der Waals surface area contributed by atoms with Crippen molar-refractivity contribution < 1.29 is 18.4 Å². The van der Waals surface area contributed by atoms with E-state index in [0.29, 0.717) is 28.6 Å². The summed E-state index contributed by atoms with van der Waals surface area (Å²) < 4.78 is 23.8. The van der Waals surface area contributed by atoms with Crippen LogP contribution in [0.2, 0.25) is 0 Å².